The molecule has 29 heavy (non-hydrogen) atoms. The van der Waals surface area contributed by atoms with E-state index in [0.29, 0.717) is 32.1 Å². The molecule has 0 bridgehead atoms. The van der Waals surface area contributed by atoms with E-state index in [2.05, 4.69) is 10.5 Å². The molecule has 4 nitrogen and oxygen atoms in total. The quantitative estimate of drug-likeness (QED) is 0.312. The molecule has 0 fully saturated rings. The van der Waals surface area contributed by atoms with Crippen LogP contribution in [0.3, 0.4) is 0 Å². The van der Waals surface area contributed by atoms with Crippen LogP contribution in [0.4, 0.5) is 5.69 Å². The molecule has 0 aliphatic rings. The molecular formula is C22H19Cl3N2O2. The molecule has 150 valence electrons. The molecule has 0 heterocycles. The second-order valence-electron chi connectivity index (χ2n) is 6.20. The third-order valence-corrected chi connectivity index (χ3v) is 5.34. The van der Waals surface area contributed by atoms with Crippen molar-refractivity contribution in [1.82, 2.24) is 0 Å². The fourth-order valence-corrected chi connectivity index (χ4v) is 3.29. The van der Waals surface area contributed by atoms with Gasteiger partial charge in [-0.1, -0.05) is 53.0 Å². The van der Waals surface area contributed by atoms with Crippen molar-refractivity contribution in [3.63, 3.8) is 0 Å². The van der Waals surface area contributed by atoms with E-state index in [0.717, 1.165) is 16.8 Å². The van der Waals surface area contributed by atoms with E-state index in [-0.39, 0.29) is 6.61 Å². The summed E-state index contributed by atoms with van der Waals surface area (Å²) in [5, 5.41) is 6.05. The van der Waals surface area contributed by atoms with Crippen LogP contribution in [0.25, 0.3) is 0 Å². The Labute approximate surface area is 185 Å². The van der Waals surface area contributed by atoms with Gasteiger partial charge in [0.2, 0.25) is 0 Å². The van der Waals surface area contributed by atoms with Crippen LogP contribution >= 0.6 is 34.8 Å². The smallest absolute Gasteiger partial charge is 0.170 e. The van der Waals surface area contributed by atoms with Crippen molar-refractivity contribution >= 4 is 46.7 Å². The van der Waals surface area contributed by atoms with E-state index >= 15 is 0 Å². The average Bonchev–Trinajstić information content (AvgIpc) is 2.71. The van der Waals surface area contributed by atoms with Crippen molar-refractivity contribution < 1.29 is 9.47 Å². The van der Waals surface area contributed by atoms with Crippen LogP contribution in [-0.2, 0) is 6.61 Å². The molecule has 3 aromatic carbocycles. The Bertz CT molecular complexity index is 1020. The highest BCUT2D eigenvalue weighted by molar-refractivity contribution is 6.36. The van der Waals surface area contributed by atoms with Gasteiger partial charge in [-0.25, -0.2) is 0 Å². The number of hydrazone groups is 1. The van der Waals surface area contributed by atoms with Crippen molar-refractivity contribution in [1.29, 1.82) is 0 Å². The molecule has 0 radical (unpaired) electrons. The normalized spacial score (nSPS) is 10.9. The standard InChI is InChI=1S/C22H19Cl3N2O2/c1-14-9-10-16(11-20(14)25)27-26-12-15-5-3-8-21(28-2)22(15)29-13-17-18(23)6-4-7-19(17)24/h3-12,27H,13H2,1-2H3. The van der Waals surface area contributed by atoms with Crippen molar-refractivity contribution in [3.8, 4) is 11.5 Å². The van der Waals surface area contributed by atoms with Crippen LogP contribution < -0.4 is 14.9 Å². The van der Waals surface area contributed by atoms with E-state index in [1.807, 2.05) is 43.3 Å². The van der Waals surface area contributed by atoms with Crippen LogP contribution in [0, 0.1) is 6.92 Å². The van der Waals surface area contributed by atoms with Gasteiger partial charge in [-0.3, -0.25) is 5.43 Å². The molecule has 0 atom stereocenters. The second kappa shape index (κ2) is 9.88. The molecule has 0 spiro atoms. The lowest BCUT2D eigenvalue weighted by Crippen LogP contribution is -2.02. The Kier molecular flexibility index (Phi) is 7.26. The number of benzene rings is 3. The molecule has 0 unspecified atom stereocenters. The molecule has 1 N–H and O–H groups in total. The summed E-state index contributed by atoms with van der Waals surface area (Å²) in [6.07, 6.45) is 1.65. The van der Waals surface area contributed by atoms with E-state index in [1.165, 1.54) is 0 Å². The SMILES string of the molecule is COc1cccc(C=NNc2ccc(C)c(Cl)c2)c1OCc1c(Cl)cccc1Cl. The second-order valence-corrected chi connectivity index (χ2v) is 7.42. The van der Waals surface area contributed by atoms with Gasteiger partial charge in [-0.15, -0.1) is 0 Å². The fourth-order valence-electron chi connectivity index (χ4n) is 2.60. The van der Waals surface area contributed by atoms with Gasteiger partial charge in [0.05, 0.1) is 19.0 Å². The number of halogens is 3. The van der Waals surface area contributed by atoms with Crippen molar-refractivity contribution in [3.05, 3.63) is 86.4 Å². The first-order valence-electron chi connectivity index (χ1n) is 8.77. The molecular weight excluding hydrogens is 431 g/mol. The Morgan fingerprint density at radius 1 is 0.966 bits per heavy atom. The molecule has 0 saturated heterocycles. The number of hydrogen-bond acceptors (Lipinski definition) is 4. The Morgan fingerprint density at radius 3 is 2.38 bits per heavy atom. The minimum Gasteiger partial charge on any atom is -0.493 e. The first-order valence-corrected chi connectivity index (χ1v) is 9.91. The minimum absolute atomic E-state index is 0.195. The number of nitrogens with one attached hydrogen (secondary N) is 1. The summed E-state index contributed by atoms with van der Waals surface area (Å²) in [5.41, 5.74) is 6.19. The van der Waals surface area contributed by atoms with Gasteiger partial charge < -0.3 is 9.47 Å². The summed E-state index contributed by atoms with van der Waals surface area (Å²) >= 11 is 18.6. The van der Waals surface area contributed by atoms with Gasteiger partial charge in [0, 0.05) is 26.2 Å². The number of nitrogens with zero attached hydrogens (tertiary/aromatic N) is 1. The largest absolute Gasteiger partial charge is 0.493 e. The summed E-state index contributed by atoms with van der Waals surface area (Å²) < 4.78 is 11.4. The van der Waals surface area contributed by atoms with Gasteiger partial charge in [-0.05, 0) is 48.9 Å². The molecule has 0 amide bonds. The summed E-state index contributed by atoms with van der Waals surface area (Å²) in [6, 6.07) is 16.5. The number of ether oxygens (including phenoxy) is 2. The highest BCUT2D eigenvalue weighted by atomic mass is 35.5. The lowest BCUT2D eigenvalue weighted by Gasteiger charge is -2.14. The minimum atomic E-state index is 0.195. The van der Waals surface area contributed by atoms with Crippen LogP contribution in [-0.4, -0.2) is 13.3 Å². The zero-order chi connectivity index (χ0) is 20.8. The molecule has 3 aromatic rings. The molecule has 7 heteroatoms. The lowest BCUT2D eigenvalue weighted by molar-refractivity contribution is 0.284. The van der Waals surface area contributed by atoms with Crippen molar-refractivity contribution in [2.45, 2.75) is 13.5 Å². The van der Waals surface area contributed by atoms with Crippen molar-refractivity contribution in [2.75, 3.05) is 12.5 Å². The lowest BCUT2D eigenvalue weighted by atomic mass is 10.2. The first kappa shape index (κ1) is 21.3. The Hall–Kier alpha value is -2.40. The maximum Gasteiger partial charge on any atom is 0.170 e. The molecule has 0 aromatic heterocycles. The van der Waals surface area contributed by atoms with Gasteiger partial charge in [0.25, 0.3) is 0 Å². The molecule has 3 rings (SSSR count). The summed E-state index contributed by atoms with van der Waals surface area (Å²) in [4.78, 5) is 0. The number of hydrogen-bond donors (Lipinski definition) is 1. The summed E-state index contributed by atoms with van der Waals surface area (Å²) in [6.45, 7) is 2.14. The summed E-state index contributed by atoms with van der Waals surface area (Å²) in [7, 11) is 1.58. The van der Waals surface area contributed by atoms with E-state index in [1.54, 1.807) is 31.5 Å². The van der Waals surface area contributed by atoms with Crippen LogP contribution in [0.5, 0.6) is 11.5 Å². The predicted molar refractivity (Wildman–Crippen MR) is 121 cm³/mol. The third-order valence-electron chi connectivity index (χ3n) is 4.22. The number of anilines is 1. The van der Waals surface area contributed by atoms with Crippen LogP contribution in [0.15, 0.2) is 59.7 Å². The number of rotatable bonds is 7. The number of methoxy groups -OCH3 is 1. The van der Waals surface area contributed by atoms with E-state index in [9.17, 15) is 0 Å². The van der Waals surface area contributed by atoms with Gasteiger partial charge in [-0.2, -0.15) is 5.10 Å². The topological polar surface area (TPSA) is 42.8 Å². The maximum absolute atomic E-state index is 6.24. The van der Waals surface area contributed by atoms with E-state index in [4.69, 9.17) is 44.3 Å². The Morgan fingerprint density at radius 2 is 1.69 bits per heavy atom. The average molecular weight is 450 g/mol. The van der Waals surface area contributed by atoms with Gasteiger partial charge in [0.1, 0.15) is 6.61 Å². The fraction of sp³-hybridized carbons (Fsp3) is 0.136. The first-order chi connectivity index (χ1) is 14.0. The zero-order valence-corrected chi connectivity index (χ0v) is 18.1. The molecule has 0 aliphatic carbocycles. The van der Waals surface area contributed by atoms with Gasteiger partial charge in [0.15, 0.2) is 11.5 Å². The monoisotopic (exact) mass is 448 g/mol. The van der Waals surface area contributed by atoms with Crippen LogP contribution in [0.1, 0.15) is 16.7 Å². The third kappa shape index (κ3) is 5.36. The van der Waals surface area contributed by atoms with E-state index < -0.39 is 0 Å². The highest BCUT2D eigenvalue weighted by Crippen LogP contribution is 2.33. The highest BCUT2D eigenvalue weighted by Gasteiger charge is 2.12. The number of para-hydroxylation sites is 1. The molecule has 0 saturated carbocycles. The summed E-state index contributed by atoms with van der Waals surface area (Å²) in [5.74, 6) is 1.12. The maximum atomic E-state index is 6.24. The van der Waals surface area contributed by atoms with Crippen LogP contribution in [0.2, 0.25) is 15.1 Å². The Balaban J connectivity index is 1.81. The number of aryl methyl sites for hydroxylation is 1. The zero-order valence-electron chi connectivity index (χ0n) is 15.9. The van der Waals surface area contributed by atoms with Gasteiger partial charge >= 0.3 is 0 Å². The molecule has 0 aliphatic heterocycles. The van der Waals surface area contributed by atoms with Crippen molar-refractivity contribution in [2.24, 2.45) is 5.10 Å². The predicted octanol–water partition coefficient (Wildman–Crippen LogP) is 6.99.